The molecule has 3 N–H and O–H groups in total. The molecule has 0 amide bonds. The minimum atomic E-state index is -3.81. The summed E-state index contributed by atoms with van der Waals surface area (Å²) in [6, 6.07) is 9.51. The van der Waals surface area contributed by atoms with Gasteiger partial charge in [0.05, 0.1) is 17.1 Å². The van der Waals surface area contributed by atoms with Gasteiger partial charge in [-0.15, -0.1) is 0 Å². The number of rotatable bonds is 5. The number of hydrogen-bond donors (Lipinski definition) is 2. The molecule has 0 aromatic heterocycles. The van der Waals surface area contributed by atoms with Gasteiger partial charge >= 0.3 is 5.97 Å². The summed E-state index contributed by atoms with van der Waals surface area (Å²) in [5, 5.41) is 15.5. The van der Waals surface area contributed by atoms with E-state index in [0.717, 1.165) is 38.5 Å². The molecule has 0 bridgehead atoms. The topological polar surface area (TPSA) is 116 Å². The van der Waals surface area contributed by atoms with E-state index in [0.29, 0.717) is 35.7 Å². The van der Waals surface area contributed by atoms with Crippen molar-refractivity contribution in [1.82, 2.24) is 0 Å². The van der Waals surface area contributed by atoms with Crippen LogP contribution in [-0.2, 0) is 21.2 Å². The molecule has 5 atom stereocenters. The van der Waals surface area contributed by atoms with Gasteiger partial charge in [0.25, 0.3) is 0 Å². The Labute approximate surface area is 206 Å². The average Bonchev–Trinajstić information content (AvgIpc) is 3.15. The Balaban J connectivity index is 1.34. The van der Waals surface area contributed by atoms with Crippen molar-refractivity contribution in [3.8, 4) is 11.5 Å². The molecule has 0 heterocycles. The normalized spacial score (nSPS) is 29.6. The van der Waals surface area contributed by atoms with Crippen LogP contribution in [0.3, 0.4) is 0 Å². The number of esters is 1. The molecular weight excluding hydrogens is 466 g/mol. The maximum Gasteiger partial charge on any atom is 0.338 e. The van der Waals surface area contributed by atoms with Crippen LogP contribution in [0.15, 0.2) is 41.3 Å². The van der Waals surface area contributed by atoms with Crippen molar-refractivity contribution >= 4 is 16.0 Å². The molecule has 0 radical (unpaired) electrons. The molecule has 0 spiro atoms. The van der Waals surface area contributed by atoms with Crippen LogP contribution in [0, 0.1) is 17.3 Å². The zero-order valence-electron chi connectivity index (χ0n) is 20.2. The van der Waals surface area contributed by atoms with Crippen LogP contribution in [0.4, 0.5) is 0 Å². The van der Waals surface area contributed by atoms with Gasteiger partial charge in [-0.05, 0) is 111 Å². The highest BCUT2D eigenvalue weighted by Crippen LogP contribution is 2.62. The molecule has 0 saturated heterocycles. The summed E-state index contributed by atoms with van der Waals surface area (Å²) in [5.41, 5.74) is 2.77. The van der Waals surface area contributed by atoms with Crippen LogP contribution < -0.4 is 9.88 Å². The lowest BCUT2D eigenvalue weighted by Gasteiger charge is -2.50. The number of aromatic hydroxyl groups is 1. The van der Waals surface area contributed by atoms with E-state index < -0.39 is 16.0 Å². The fourth-order valence-electron chi connectivity index (χ4n) is 6.98. The number of phenolic OH excluding ortho intramolecular Hbond substituents is 1. The van der Waals surface area contributed by atoms with Gasteiger partial charge in [0.1, 0.15) is 6.10 Å². The zero-order chi connectivity index (χ0) is 25.0. The van der Waals surface area contributed by atoms with Crippen LogP contribution in [0.5, 0.6) is 11.5 Å². The molecule has 2 aromatic carbocycles. The van der Waals surface area contributed by atoms with Gasteiger partial charge in [-0.25, -0.2) is 18.4 Å². The molecule has 2 saturated carbocycles. The van der Waals surface area contributed by atoms with E-state index in [4.69, 9.17) is 14.6 Å². The van der Waals surface area contributed by atoms with Crippen LogP contribution >= 0.6 is 0 Å². The number of phenols is 1. The zero-order valence-corrected chi connectivity index (χ0v) is 21.0. The first kappa shape index (κ1) is 24.1. The lowest BCUT2D eigenvalue weighted by Crippen LogP contribution is -2.45. The molecule has 5 rings (SSSR count). The Bertz CT molecular complexity index is 1240. The third-order valence-corrected chi connectivity index (χ3v) is 9.61. The van der Waals surface area contributed by atoms with E-state index in [1.165, 1.54) is 35.4 Å². The number of carbonyl (C=O) groups is 1. The fourth-order valence-corrected chi connectivity index (χ4v) is 7.50. The Hall–Kier alpha value is -2.58. The number of primary sulfonamides is 1. The van der Waals surface area contributed by atoms with Crippen molar-refractivity contribution in [3.05, 3.63) is 53.1 Å². The van der Waals surface area contributed by atoms with Crippen molar-refractivity contribution < 1.29 is 27.8 Å². The van der Waals surface area contributed by atoms with Gasteiger partial charge in [0, 0.05) is 5.41 Å². The first-order valence-corrected chi connectivity index (χ1v) is 14.0. The minimum Gasteiger partial charge on any atom is -0.504 e. The molecule has 3 aliphatic carbocycles. The molecule has 0 aliphatic heterocycles. The maximum absolute atomic E-state index is 12.9. The quantitative estimate of drug-likeness (QED) is 0.585. The second-order valence-corrected chi connectivity index (χ2v) is 12.0. The van der Waals surface area contributed by atoms with E-state index in [1.54, 1.807) is 0 Å². The lowest BCUT2D eigenvalue weighted by molar-refractivity contribution is -0.0428. The SMILES string of the molecule is CCOc1cc2c(cc1O)CCC1C2CC[C@@]2(C)C1CC[C@@H]2OC(=O)c1ccc(S(N)(=O)=O)cc1. The van der Waals surface area contributed by atoms with E-state index in [1.807, 2.05) is 19.1 Å². The van der Waals surface area contributed by atoms with Gasteiger partial charge in [-0.3, -0.25) is 0 Å². The Morgan fingerprint density at radius 2 is 1.89 bits per heavy atom. The smallest absolute Gasteiger partial charge is 0.338 e. The standard InChI is InChI=1S/C27H33NO6S/c1-3-33-24-15-21-17(14-23(24)29)6-9-20-19(21)12-13-27(2)22(20)10-11-25(27)34-26(30)16-4-7-18(8-5-16)35(28,31)32/h4-5,7-8,14-15,19-20,22,25,29H,3,6,9-13H2,1-2H3,(H2,28,31,32)/t19?,20?,22?,25-,27-/m0/s1. The number of hydrogen-bond acceptors (Lipinski definition) is 6. The van der Waals surface area contributed by atoms with Crippen LogP contribution in [0.25, 0.3) is 0 Å². The van der Waals surface area contributed by atoms with Crippen LogP contribution in [0.2, 0.25) is 0 Å². The van der Waals surface area contributed by atoms with E-state index in [2.05, 4.69) is 6.92 Å². The first-order valence-electron chi connectivity index (χ1n) is 12.4. The summed E-state index contributed by atoms with van der Waals surface area (Å²) < 4.78 is 34.7. The third kappa shape index (κ3) is 4.20. The molecular formula is C27H33NO6S. The van der Waals surface area contributed by atoms with Crippen molar-refractivity contribution in [3.63, 3.8) is 0 Å². The molecule has 35 heavy (non-hydrogen) atoms. The Morgan fingerprint density at radius 1 is 1.14 bits per heavy atom. The maximum atomic E-state index is 12.9. The number of nitrogens with two attached hydrogens (primary N) is 1. The predicted molar refractivity (Wildman–Crippen MR) is 131 cm³/mol. The third-order valence-electron chi connectivity index (χ3n) is 8.69. The number of benzene rings is 2. The summed E-state index contributed by atoms with van der Waals surface area (Å²) >= 11 is 0. The number of sulfonamides is 1. The van der Waals surface area contributed by atoms with Gasteiger partial charge in [-0.2, -0.15) is 0 Å². The number of aryl methyl sites for hydroxylation is 1. The highest BCUT2D eigenvalue weighted by molar-refractivity contribution is 7.89. The van der Waals surface area contributed by atoms with Crippen molar-refractivity contribution in [2.24, 2.45) is 22.4 Å². The minimum absolute atomic E-state index is 0.0290. The average molecular weight is 500 g/mol. The van der Waals surface area contributed by atoms with E-state index >= 15 is 0 Å². The van der Waals surface area contributed by atoms with Gasteiger partial charge in [0.15, 0.2) is 11.5 Å². The van der Waals surface area contributed by atoms with Gasteiger partial charge in [0.2, 0.25) is 10.0 Å². The molecule has 8 heteroatoms. The molecule has 7 nitrogen and oxygen atoms in total. The van der Waals surface area contributed by atoms with Crippen molar-refractivity contribution in [2.75, 3.05) is 6.61 Å². The summed E-state index contributed by atoms with van der Waals surface area (Å²) in [7, 11) is -3.81. The highest BCUT2D eigenvalue weighted by Gasteiger charge is 2.56. The molecule has 188 valence electrons. The summed E-state index contributed by atoms with van der Waals surface area (Å²) in [6.45, 7) is 4.70. The van der Waals surface area contributed by atoms with Crippen molar-refractivity contribution in [1.29, 1.82) is 0 Å². The largest absolute Gasteiger partial charge is 0.504 e. The highest BCUT2D eigenvalue weighted by atomic mass is 32.2. The van der Waals surface area contributed by atoms with E-state index in [-0.39, 0.29) is 22.2 Å². The Kier molecular flexibility index (Phi) is 6.08. The predicted octanol–water partition coefficient (Wildman–Crippen LogP) is 4.52. The lowest BCUT2D eigenvalue weighted by atomic mass is 9.55. The van der Waals surface area contributed by atoms with Crippen molar-refractivity contribution in [2.45, 2.75) is 69.3 Å². The first-order chi connectivity index (χ1) is 16.6. The number of fused-ring (bicyclic) bond motifs is 5. The molecule has 3 aliphatic rings. The summed E-state index contributed by atoms with van der Waals surface area (Å²) in [6.07, 6.45) is 5.66. The van der Waals surface area contributed by atoms with Gasteiger partial charge < -0.3 is 14.6 Å². The Morgan fingerprint density at radius 3 is 2.57 bits per heavy atom. The second-order valence-electron chi connectivity index (χ2n) is 10.5. The molecule has 2 fully saturated rings. The molecule has 3 unspecified atom stereocenters. The fraction of sp³-hybridized carbons (Fsp3) is 0.519. The monoisotopic (exact) mass is 499 g/mol. The summed E-state index contributed by atoms with van der Waals surface area (Å²) in [5.74, 6) is 1.75. The van der Waals surface area contributed by atoms with E-state index in [9.17, 15) is 18.3 Å². The number of ether oxygens (including phenoxy) is 2. The second kappa shape index (κ2) is 8.82. The molecule has 2 aromatic rings. The summed E-state index contributed by atoms with van der Waals surface area (Å²) in [4.78, 5) is 12.9. The van der Waals surface area contributed by atoms with Crippen LogP contribution in [0.1, 0.15) is 73.4 Å². The van der Waals surface area contributed by atoms with Crippen LogP contribution in [-0.4, -0.2) is 32.2 Å². The number of carbonyl (C=O) groups excluding carboxylic acids is 1. The van der Waals surface area contributed by atoms with Gasteiger partial charge in [-0.1, -0.05) is 6.92 Å².